The minimum Gasteiger partial charge on any atom is -0.271 e. The third-order valence-electron chi connectivity index (χ3n) is 1.53. The SMILES string of the molecule is Brc1cc(I)cc2n[nH]c(I)c12. The molecular formula is C7H3BrI2N2. The number of H-pyrrole nitrogens is 1. The lowest BCUT2D eigenvalue weighted by Gasteiger charge is -1.94. The van der Waals surface area contributed by atoms with Crippen molar-refractivity contribution in [3.05, 3.63) is 23.9 Å². The Hall–Kier alpha value is 0.630. The van der Waals surface area contributed by atoms with Crippen LogP contribution in [0.15, 0.2) is 16.6 Å². The van der Waals surface area contributed by atoms with Gasteiger partial charge in [-0.2, -0.15) is 5.10 Å². The van der Waals surface area contributed by atoms with Crippen LogP contribution in [0.3, 0.4) is 0 Å². The van der Waals surface area contributed by atoms with E-state index in [9.17, 15) is 0 Å². The summed E-state index contributed by atoms with van der Waals surface area (Å²) in [5.74, 6) is 0. The number of hydrogen-bond acceptors (Lipinski definition) is 1. The smallest absolute Gasteiger partial charge is 0.105 e. The van der Waals surface area contributed by atoms with E-state index in [1.54, 1.807) is 0 Å². The third-order valence-corrected chi connectivity index (χ3v) is 3.56. The van der Waals surface area contributed by atoms with Crippen LogP contribution in [0.5, 0.6) is 0 Å². The van der Waals surface area contributed by atoms with E-state index < -0.39 is 0 Å². The lowest BCUT2D eigenvalue weighted by molar-refractivity contribution is 1.09. The molecule has 0 unspecified atom stereocenters. The van der Waals surface area contributed by atoms with Gasteiger partial charge >= 0.3 is 0 Å². The molecule has 0 atom stereocenters. The van der Waals surface area contributed by atoms with Crippen molar-refractivity contribution in [1.82, 2.24) is 10.2 Å². The number of rotatable bonds is 0. The largest absolute Gasteiger partial charge is 0.271 e. The Morgan fingerprint density at radius 1 is 1.33 bits per heavy atom. The van der Waals surface area contributed by atoms with E-state index in [2.05, 4.69) is 83.4 Å². The highest BCUT2D eigenvalue weighted by Gasteiger charge is 2.06. The number of aromatic amines is 1. The van der Waals surface area contributed by atoms with Crippen molar-refractivity contribution in [1.29, 1.82) is 0 Å². The fraction of sp³-hybridized carbons (Fsp3) is 0. The van der Waals surface area contributed by atoms with Crippen LogP contribution in [0, 0.1) is 7.27 Å². The van der Waals surface area contributed by atoms with E-state index in [1.807, 2.05) is 0 Å². The summed E-state index contributed by atoms with van der Waals surface area (Å²) in [4.78, 5) is 0. The van der Waals surface area contributed by atoms with Gasteiger partial charge in [0.25, 0.3) is 0 Å². The molecule has 0 fully saturated rings. The minimum absolute atomic E-state index is 1.01. The lowest BCUT2D eigenvalue weighted by Crippen LogP contribution is -1.75. The van der Waals surface area contributed by atoms with E-state index in [0.29, 0.717) is 0 Å². The van der Waals surface area contributed by atoms with Crippen molar-refractivity contribution < 1.29 is 0 Å². The second-order valence-electron chi connectivity index (χ2n) is 2.32. The monoisotopic (exact) mass is 448 g/mol. The average molecular weight is 449 g/mol. The Morgan fingerprint density at radius 2 is 2.08 bits per heavy atom. The maximum Gasteiger partial charge on any atom is 0.105 e. The van der Waals surface area contributed by atoms with Crippen molar-refractivity contribution >= 4 is 72.0 Å². The Balaban J connectivity index is 2.93. The van der Waals surface area contributed by atoms with Crippen molar-refractivity contribution in [3.8, 4) is 0 Å². The highest BCUT2D eigenvalue weighted by atomic mass is 127. The molecule has 0 spiro atoms. The maximum atomic E-state index is 4.17. The predicted molar refractivity (Wildman–Crippen MR) is 69.2 cm³/mol. The third kappa shape index (κ3) is 1.50. The summed E-state index contributed by atoms with van der Waals surface area (Å²) in [6, 6.07) is 4.14. The number of fused-ring (bicyclic) bond motifs is 1. The fourth-order valence-electron chi connectivity index (χ4n) is 1.03. The highest BCUT2D eigenvalue weighted by Crippen LogP contribution is 2.28. The number of nitrogens with zero attached hydrogens (tertiary/aromatic N) is 1. The number of halogens is 3. The number of nitrogens with one attached hydrogen (secondary N) is 1. The van der Waals surface area contributed by atoms with Gasteiger partial charge in [0, 0.05) is 13.4 Å². The number of aromatic nitrogens is 2. The molecule has 0 amide bonds. The molecule has 2 rings (SSSR count). The first-order chi connectivity index (χ1) is 5.68. The van der Waals surface area contributed by atoms with E-state index in [0.717, 1.165) is 19.1 Å². The van der Waals surface area contributed by atoms with Gasteiger partial charge in [-0.15, -0.1) is 0 Å². The zero-order valence-corrected chi connectivity index (χ0v) is 11.6. The van der Waals surface area contributed by atoms with Gasteiger partial charge in [0.2, 0.25) is 0 Å². The van der Waals surface area contributed by atoms with Gasteiger partial charge in [-0.05, 0) is 73.2 Å². The molecule has 1 aromatic heterocycles. The quantitative estimate of drug-likeness (QED) is 0.614. The molecule has 1 N–H and O–H groups in total. The number of benzene rings is 1. The molecule has 12 heavy (non-hydrogen) atoms. The zero-order chi connectivity index (χ0) is 8.72. The highest BCUT2D eigenvalue weighted by molar-refractivity contribution is 14.1. The second-order valence-corrected chi connectivity index (χ2v) is 5.50. The van der Waals surface area contributed by atoms with Crippen LogP contribution in [-0.2, 0) is 0 Å². The summed E-state index contributed by atoms with van der Waals surface area (Å²) < 4.78 is 3.36. The molecule has 0 bridgehead atoms. The van der Waals surface area contributed by atoms with Crippen molar-refractivity contribution in [2.75, 3.05) is 0 Å². The van der Waals surface area contributed by atoms with Crippen LogP contribution >= 0.6 is 61.1 Å². The molecule has 62 valence electrons. The Kier molecular flexibility index (Phi) is 2.61. The molecule has 1 heterocycles. The lowest BCUT2D eigenvalue weighted by atomic mass is 10.3. The molecular weight excluding hydrogens is 446 g/mol. The maximum absolute atomic E-state index is 4.17. The molecule has 0 aliphatic carbocycles. The average Bonchev–Trinajstić information content (AvgIpc) is 2.31. The Bertz CT molecular complexity index is 438. The van der Waals surface area contributed by atoms with Crippen LogP contribution in [0.25, 0.3) is 10.9 Å². The summed E-state index contributed by atoms with van der Waals surface area (Å²) in [5.41, 5.74) is 1.01. The van der Waals surface area contributed by atoms with E-state index in [1.165, 1.54) is 3.57 Å². The summed E-state index contributed by atoms with van der Waals surface area (Å²) in [6.45, 7) is 0. The van der Waals surface area contributed by atoms with Gasteiger partial charge in [-0.1, -0.05) is 0 Å². The standard InChI is InChI=1S/C7H3BrI2N2/c8-4-1-3(9)2-5-6(4)7(10)12-11-5/h1-2H,(H,11,12). The van der Waals surface area contributed by atoms with E-state index >= 15 is 0 Å². The van der Waals surface area contributed by atoms with E-state index in [-0.39, 0.29) is 0 Å². The first-order valence-electron chi connectivity index (χ1n) is 3.17. The minimum atomic E-state index is 1.01. The topological polar surface area (TPSA) is 28.7 Å². The molecule has 2 nitrogen and oxygen atoms in total. The van der Waals surface area contributed by atoms with Crippen LogP contribution in [0.4, 0.5) is 0 Å². The summed E-state index contributed by atoms with van der Waals surface area (Å²) in [5, 5.41) is 8.28. The van der Waals surface area contributed by atoms with Crippen LogP contribution in [0.2, 0.25) is 0 Å². The fourth-order valence-corrected chi connectivity index (χ4v) is 3.77. The molecule has 1 aromatic carbocycles. The zero-order valence-electron chi connectivity index (χ0n) is 5.74. The van der Waals surface area contributed by atoms with Crippen molar-refractivity contribution in [3.63, 3.8) is 0 Å². The summed E-state index contributed by atoms with van der Waals surface area (Å²) in [6.07, 6.45) is 0. The van der Waals surface area contributed by atoms with E-state index in [4.69, 9.17) is 0 Å². The molecule has 0 saturated carbocycles. The summed E-state index contributed by atoms with van der Waals surface area (Å²) >= 11 is 8.02. The first kappa shape index (κ1) is 9.20. The normalized spacial score (nSPS) is 10.9. The van der Waals surface area contributed by atoms with Gasteiger partial charge < -0.3 is 0 Å². The number of hydrogen-bond donors (Lipinski definition) is 1. The molecule has 0 radical (unpaired) electrons. The van der Waals surface area contributed by atoms with Crippen LogP contribution < -0.4 is 0 Å². The predicted octanol–water partition coefficient (Wildman–Crippen LogP) is 3.53. The second kappa shape index (κ2) is 3.41. The molecule has 0 aliphatic rings. The van der Waals surface area contributed by atoms with Crippen molar-refractivity contribution in [2.24, 2.45) is 0 Å². The van der Waals surface area contributed by atoms with Crippen LogP contribution in [-0.4, -0.2) is 10.2 Å². The van der Waals surface area contributed by atoms with Gasteiger partial charge in [0.05, 0.1) is 5.52 Å². The molecule has 2 aromatic rings. The molecule has 0 saturated heterocycles. The summed E-state index contributed by atoms with van der Waals surface area (Å²) in [7, 11) is 0. The van der Waals surface area contributed by atoms with Gasteiger partial charge in [0.1, 0.15) is 3.70 Å². The Labute approximate surface area is 105 Å². The van der Waals surface area contributed by atoms with Crippen molar-refractivity contribution in [2.45, 2.75) is 0 Å². The van der Waals surface area contributed by atoms with Gasteiger partial charge in [0.15, 0.2) is 0 Å². The Morgan fingerprint density at radius 3 is 2.83 bits per heavy atom. The van der Waals surface area contributed by atoms with Gasteiger partial charge in [-0.3, -0.25) is 5.10 Å². The van der Waals surface area contributed by atoms with Crippen LogP contribution in [0.1, 0.15) is 0 Å². The first-order valence-corrected chi connectivity index (χ1v) is 6.12. The van der Waals surface area contributed by atoms with Gasteiger partial charge in [-0.25, -0.2) is 0 Å². The molecule has 5 heteroatoms. The molecule has 0 aliphatic heterocycles.